The van der Waals surface area contributed by atoms with Crippen molar-refractivity contribution >= 4 is 27.8 Å². The molecule has 5 aromatic rings. The first-order chi connectivity index (χ1) is 16.1. The summed E-state index contributed by atoms with van der Waals surface area (Å²) in [5, 5.41) is 20.4. The molecule has 34 heavy (non-hydrogen) atoms. The summed E-state index contributed by atoms with van der Waals surface area (Å²) in [6.07, 6.45) is -4.46. The summed E-state index contributed by atoms with van der Waals surface area (Å²) in [7, 11) is 0. The van der Waals surface area contributed by atoms with Crippen molar-refractivity contribution < 1.29 is 32.6 Å². The number of imidazole rings is 1. The van der Waals surface area contributed by atoms with E-state index in [4.69, 9.17) is 0 Å². The summed E-state index contributed by atoms with van der Waals surface area (Å²) in [5.41, 5.74) is 0.980. The number of benzene rings is 4. The number of rotatable bonds is 3. The van der Waals surface area contributed by atoms with E-state index in [1.54, 1.807) is 12.1 Å². The van der Waals surface area contributed by atoms with Crippen molar-refractivity contribution in [1.29, 1.82) is 0 Å². The fourth-order valence-electron chi connectivity index (χ4n) is 3.90. The van der Waals surface area contributed by atoms with Gasteiger partial charge in [0.15, 0.2) is 0 Å². The van der Waals surface area contributed by atoms with Crippen LogP contribution in [0.3, 0.4) is 0 Å². The quantitative estimate of drug-likeness (QED) is 0.261. The molecule has 0 amide bonds. The Labute approximate surface area is 188 Å². The molecule has 4 aromatic carbocycles. The van der Waals surface area contributed by atoms with Gasteiger partial charge in [-0.1, -0.05) is 24.3 Å². The fourth-order valence-corrected chi connectivity index (χ4v) is 3.90. The Bertz CT molecular complexity index is 1590. The largest absolute Gasteiger partial charge is 0.507 e. The van der Waals surface area contributed by atoms with E-state index in [-0.39, 0.29) is 22.7 Å². The number of aromatic nitrogens is 2. The molecule has 0 saturated heterocycles. The second kappa shape index (κ2) is 7.58. The van der Waals surface area contributed by atoms with Gasteiger partial charge in [0.1, 0.15) is 22.9 Å². The van der Waals surface area contributed by atoms with Gasteiger partial charge in [-0.25, -0.2) is 14.2 Å². The number of alkyl halides is 3. The van der Waals surface area contributed by atoms with E-state index >= 15 is 0 Å². The van der Waals surface area contributed by atoms with E-state index in [0.717, 1.165) is 18.2 Å². The molecule has 0 saturated carbocycles. The van der Waals surface area contributed by atoms with Gasteiger partial charge in [0, 0.05) is 0 Å². The van der Waals surface area contributed by atoms with E-state index in [0.29, 0.717) is 32.9 Å². The van der Waals surface area contributed by atoms with E-state index in [1.807, 2.05) is 0 Å². The zero-order valence-electron chi connectivity index (χ0n) is 17.1. The molecule has 5 nitrogen and oxygen atoms in total. The number of aromatic amines is 1. The molecule has 0 aliphatic rings. The molecule has 0 radical (unpaired) electrons. The second-order valence-electron chi connectivity index (χ2n) is 7.72. The number of carboxylic acid groups (broad SMARTS) is 1. The lowest BCUT2D eigenvalue weighted by atomic mass is 10.0. The highest BCUT2D eigenvalue weighted by Gasteiger charge is 2.30. The number of fused-ring (bicyclic) bond motifs is 3. The average Bonchev–Trinajstić information content (AvgIpc) is 3.22. The molecule has 0 atom stereocenters. The third kappa shape index (κ3) is 3.61. The van der Waals surface area contributed by atoms with Gasteiger partial charge in [0.25, 0.3) is 0 Å². The van der Waals surface area contributed by atoms with Crippen molar-refractivity contribution in [1.82, 2.24) is 9.97 Å². The van der Waals surface area contributed by atoms with Crippen LogP contribution in [0, 0.1) is 5.82 Å². The number of H-pyrrole nitrogens is 1. The van der Waals surface area contributed by atoms with Gasteiger partial charge in [-0.15, -0.1) is 0 Å². The molecular weight excluding hydrogens is 452 g/mol. The first-order valence-corrected chi connectivity index (χ1v) is 9.98. The first-order valence-electron chi connectivity index (χ1n) is 9.98. The summed E-state index contributed by atoms with van der Waals surface area (Å²) < 4.78 is 53.3. The molecule has 0 spiro atoms. The minimum Gasteiger partial charge on any atom is -0.507 e. The molecular formula is C25H14F4N2O3. The lowest BCUT2D eigenvalue weighted by Crippen LogP contribution is -2.04. The van der Waals surface area contributed by atoms with Gasteiger partial charge in [-0.05, 0) is 59.0 Å². The van der Waals surface area contributed by atoms with Crippen molar-refractivity contribution in [3.05, 3.63) is 83.7 Å². The van der Waals surface area contributed by atoms with Crippen LogP contribution < -0.4 is 0 Å². The molecule has 0 fully saturated rings. The van der Waals surface area contributed by atoms with Gasteiger partial charge in [-0.2, -0.15) is 13.2 Å². The van der Waals surface area contributed by atoms with Gasteiger partial charge < -0.3 is 15.2 Å². The van der Waals surface area contributed by atoms with Crippen molar-refractivity contribution in [2.75, 3.05) is 0 Å². The molecule has 5 rings (SSSR count). The maximum Gasteiger partial charge on any atom is 0.416 e. The standard InChI is InChI=1S/C25H14F4N2O3/c26-18-7-3-13(12-1-5-16(6-2-12)25(27,28)29)10-17(18)23-30-19-8-4-14-9-15(24(33)34)11-20(32)21(14)22(19)31-23/h1-11,32H,(H,30,31)(H,33,34). The predicted octanol–water partition coefficient (Wildman–Crippen LogP) is 6.61. The first kappa shape index (κ1) is 21.4. The third-order valence-corrected chi connectivity index (χ3v) is 5.56. The Hall–Kier alpha value is -4.40. The highest BCUT2D eigenvalue weighted by Crippen LogP contribution is 2.36. The number of phenols is 1. The zero-order chi connectivity index (χ0) is 24.2. The van der Waals surface area contributed by atoms with Crippen LogP contribution in [0.15, 0.2) is 66.7 Å². The number of aromatic carboxylic acids is 1. The normalized spacial score (nSPS) is 11.9. The van der Waals surface area contributed by atoms with E-state index in [2.05, 4.69) is 9.97 Å². The molecule has 1 heterocycles. The number of hydrogen-bond donors (Lipinski definition) is 3. The number of carboxylic acids is 1. The minimum absolute atomic E-state index is 0.0865. The van der Waals surface area contributed by atoms with Crippen LogP contribution >= 0.6 is 0 Å². The Morgan fingerprint density at radius 3 is 2.29 bits per heavy atom. The van der Waals surface area contributed by atoms with Crippen LogP contribution in [0.5, 0.6) is 5.75 Å². The van der Waals surface area contributed by atoms with Crippen LogP contribution in [0.1, 0.15) is 15.9 Å². The maximum absolute atomic E-state index is 14.7. The SMILES string of the molecule is O=C(O)c1cc(O)c2c(ccc3[nH]c(-c4cc(-c5ccc(C(F)(F)F)cc5)ccc4F)nc32)c1. The molecule has 0 bridgehead atoms. The van der Waals surface area contributed by atoms with Crippen molar-refractivity contribution in [3.8, 4) is 28.3 Å². The van der Waals surface area contributed by atoms with E-state index in [1.165, 1.54) is 36.4 Å². The Morgan fingerprint density at radius 1 is 0.912 bits per heavy atom. The Morgan fingerprint density at radius 2 is 1.62 bits per heavy atom. The van der Waals surface area contributed by atoms with Crippen LogP contribution in [0.4, 0.5) is 17.6 Å². The predicted molar refractivity (Wildman–Crippen MR) is 118 cm³/mol. The summed E-state index contributed by atoms with van der Waals surface area (Å²) in [5.74, 6) is -1.92. The monoisotopic (exact) mass is 466 g/mol. The second-order valence-corrected chi connectivity index (χ2v) is 7.72. The molecule has 9 heteroatoms. The molecule has 0 aliphatic heterocycles. The highest BCUT2D eigenvalue weighted by atomic mass is 19.4. The number of hydrogen-bond acceptors (Lipinski definition) is 3. The summed E-state index contributed by atoms with van der Waals surface area (Å²) in [4.78, 5) is 18.7. The summed E-state index contributed by atoms with van der Waals surface area (Å²) in [6, 6.07) is 14.4. The third-order valence-electron chi connectivity index (χ3n) is 5.56. The Kier molecular flexibility index (Phi) is 4.78. The van der Waals surface area contributed by atoms with Crippen molar-refractivity contribution in [3.63, 3.8) is 0 Å². The lowest BCUT2D eigenvalue weighted by Gasteiger charge is -2.09. The zero-order valence-corrected chi connectivity index (χ0v) is 17.1. The highest BCUT2D eigenvalue weighted by molar-refractivity contribution is 6.10. The number of aromatic hydroxyl groups is 1. The maximum atomic E-state index is 14.7. The lowest BCUT2D eigenvalue weighted by molar-refractivity contribution is -0.137. The fraction of sp³-hybridized carbons (Fsp3) is 0.0400. The molecule has 3 N–H and O–H groups in total. The van der Waals surface area contributed by atoms with Gasteiger partial charge in [0.05, 0.1) is 27.6 Å². The number of nitrogens with one attached hydrogen (secondary N) is 1. The molecule has 0 unspecified atom stereocenters. The molecule has 0 aliphatic carbocycles. The average molecular weight is 466 g/mol. The van der Waals surface area contributed by atoms with E-state index in [9.17, 15) is 32.6 Å². The van der Waals surface area contributed by atoms with Gasteiger partial charge in [0.2, 0.25) is 0 Å². The van der Waals surface area contributed by atoms with Gasteiger partial charge >= 0.3 is 12.1 Å². The number of halogens is 4. The molecule has 170 valence electrons. The topological polar surface area (TPSA) is 86.2 Å². The number of carbonyl (C=O) groups is 1. The van der Waals surface area contributed by atoms with E-state index < -0.39 is 23.5 Å². The van der Waals surface area contributed by atoms with Gasteiger partial charge in [-0.3, -0.25) is 0 Å². The van der Waals surface area contributed by atoms with Crippen LogP contribution in [-0.2, 0) is 6.18 Å². The number of nitrogens with zero attached hydrogens (tertiary/aromatic N) is 1. The van der Waals surface area contributed by atoms with Crippen LogP contribution in [0.2, 0.25) is 0 Å². The summed E-state index contributed by atoms with van der Waals surface area (Å²) in [6.45, 7) is 0. The number of phenolic OH excluding ortho intramolecular Hbond substituents is 1. The van der Waals surface area contributed by atoms with Crippen LogP contribution in [-0.4, -0.2) is 26.2 Å². The molecule has 1 aromatic heterocycles. The Balaban J connectivity index is 1.62. The smallest absolute Gasteiger partial charge is 0.416 e. The van der Waals surface area contributed by atoms with Crippen LogP contribution in [0.25, 0.3) is 44.3 Å². The van der Waals surface area contributed by atoms with Crippen molar-refractivity contribution in [2.24, 2.45) is 0 Å². The van der Waals surface area contributed by atoms with Crippen molar-refractivity contribution in [2.45, 2.75) is 6.18 Å². The minimum atomic E-state index is -4.46. The summed E-state index contributed by atoms with van der Waals surface area (Å²) >= 11 is 0.